The quantitative estimate of drug-likeness (QED) is 0.715. The molecule has 0 spiro atoms. The molecule has 106 valence electrons. The normalized spacial score (nSPS) is 10.7. The van der Waals surface area contributed by atoms with Gasteiger partial charge in [-0.05, 0) is 17.3 Å². The molecule has 1 aromatic carbocycles. The first-order valence-corrected chi connectivity index (χ1v) is 6.40. The summed E-state index contributed by atoms with van der Waals surface area (Å²) in [5.41, 5.74) is 0.757. The Hall–Kier alpha value is -2.96. The van der Waals surface area contributed by atoms with Crippen LogP contribution >= 0.6 is 0 Å². The van der Waals surface area contributed by atoms with E-state index in [1.54, 1.807) is 6.08 Å². The summed E-state index contributed by atoms with van der Waals surface area (Å²) in [6, 6.07) is 9.47. The van der Waals surface area contributed by atoms with Crippen molar-refractivity contribution < 1.29 is 9.21 Å². The van der Waals surface area contributed by atoms with Gasteiger partial charge in [-0.15, -0.1) is 16.8 Å². The molecular weight excluding hydrogens is 270 g/mol. The number of hydrogen-bond acceptors (Lipinski definition) is 5. The van der Waals surface area contributed by atoms with E-state index >= 15 is 0 Å². The van der Waals surface area contributed by atoms with Gasteiger partial charge in [0.1, 0.15) is 12.1 Å². The summed E-state index contributed by atoms with van der Waals surface area (Å²) in [7, 11) is 0. The molecule has 2 aromatic heterocycles. The van der Waals surface area contributed by atoms with Gasteiger partial charge < -0.3 is 9.73 Å². The molecule has 1 amide bonds. The second kappa shape index (κ2) is 5.58. The first-order valence-electron chi connectivity index (χ1n) is 6.40. The van der Waals surface area contributed by atoms with Gasteiger partial charge in [0.2, 0.25) is 11.7 Å². The Morgan fingerprint density at radius 1 is 1.43 bits per heavy atom. The first-order chi connectivity index (χ1) is 10.3. The highest BCUT2D eigenvalue weighted by atomic mass is 16.3. The summed E-state index contributed by atoms with van der Waals surface area (Å²) < 4.78 is 5.65. The summed E-state index contributed by atoms with van der Waals surface area (Å²) in [6.45, 7) is 3.93. The molecule has 21 heavy (non-hydrogen) atoms. The zero-order valence-electron chi connectivity index (χ0n) is 11.2. The van der Waals surface area contributed by atoms with Crippen LogP contribution in [0.25, 0.3) is 22.6 Å². The summed E-state index contributed by atoms with van der Waals surface area (Å²) in [5.74, 6) is 0.667. The van der Waals surface area contributed by atoms with Gasteiger partial charge in [0.05, 0.1) is 0 Å². The van der Waals surface area contributed by atoms with Crippen molar-refractivity contribution in [1.29, 1.82) is 0 Å². The van der Waals surface area contributed by atoms with Crippen molar-refractivity contribution in [2.24, 2.45) is 0 Å². The van der Waals surface area contributed by atoms with Crippen molar-refractivity contribution in [2.45, 2.75) is 6.54 Å². The number of rotatable bonds is 5. The van der Waals surface area contributed by atoms with Crippen LogP contribution in [0.15, 0.2) is 47.4 Å². The monoisotopic (exact) mass is 283 g/mol. The Morgan fingerprint density at radius 3 is 3.10 bits per heavy atom. The van der Waals surface area contributed by atoms with E-state index in [0.717, 1.165) is 11.0 Å². The van der Waals surface area contributed by atoms with Crippen LogP contribution in [0.3, 0.4) is 0 Å². The number of benzene rings is 1. The lowest BCUT2D eigenvalue weighted by molar-refractivity contribution is -0.121. The number of aromatic nitrogens is 4. The van der Waals surface area contributed by atoms with Crippen molar-refractivity contribution >= 4 is 16.9 Å². The minimum Gasteiger partial charge on any atom is -0.453 e. The molecule has 2 heterocycles. The molecule has 1 N–H and O–H groups in total. The molecule has 0 aliphatic rings. The van der Waals surface area contributed by atoms with E-state index in [4.69, 9.17) is 4.42 Å². The molecule has 7 heteroatoms. The number of hydrogen-bond donors (Lipinski definition) is 1. The van der Waals surface area contributed by atoms with Crippen molar-refractivity contribution in [3.63, 3.8) is 0 Å². The molecule has 0 bridgehead atoms. The van der Waals surface area contributed by atoms with Gasteiger partial charge in [-0.3, -0.25) is 4.79 Å². The van der Waals surface area contributed by atoms with Crippen LogP contribution in [-0.2, 0) is 11.3 Å². The number of tetrazole rings is 1. The van der Waals surface area contributed by atoms with Crippen LogP contribution in [0.5, 0.6) is 0 Å². The molecule has 0 aliphatic heterocycles. The van der Waals surface area contributed by atoms with Gasteiger partial charge >= 0.3 is 0 Å². The average Bonchev–Trinajstić information content (AvgIpc) is 3.10. The minimum absolute atomic E-state index is 0.00106. The third kappa shape index (κ3) is 2.81. The van der Waals surface area contributed by atoms with E-state index < -0.39 is 0 Å². The van der Waals surface area contributed by atoms with Crippen molar-refractivity contribution in [3.05, 3.63) is 43.0 Å². The largest absolute Gasteiger partial charge is 0.453 e. The predicted octanol–water partition coefficient (Wildman–Crippen LogP) is 1.39. The van der Waals surface area contributed by atoms with Gasteiger partial charge in [-0.1, -0.05) is 24.3 Å². The Labute approximate surface area is 120 Å². The third-order valence-electron chi connectivity index (χ3n) is 2.83. The van der Waals surface area contributed by atoms with Crippen LogP contribution in [0.4, 0.5) is 0 Å². The second-order valence-corrected chi connectivity index (χ2v) is 4.38. The molecule has 0 aliphatic carbocycles. The Kier molecular flexibility index (Phi) is 3.46. The lowest BCUT2D eigenvalue weighted by Crippen LogP contribution is -2.28. The third-order valence-corrected chi connectivity index (χ3v) is 2.83. The summed E-state index contributed by atoms with van der Waals surface area (Å²) in [5, 5.41) is 15.5. The zero-order chi connectivity index (χ0) is 14.7. The van der Waals surface area contributed by atoms with Crippen molar-refractivity contribution in [2.75, 3.05) is 6.54 Å². The Morgan fingerprint density at radius 2 is 2.29 bits per heavy atom. The van der Waals surface area contributed by atoms with Crippen LogP contribution in [0.1, 0.15) is 0 Å². The topological polar surface area (TPSA) is 85.8 Å². The molecular formula is C14H13N5O2. The van der Waals surface area contributed by atoms with Gasteiger partial charge in [0, 0.05) is 11.9 Å². The standard InChI is InChI=1S/C14H13N5O2/c1-2-7-15-13(20)9-19-17-14(16-18-19)12-8-10-5-3-4-6-11(10)21-12/h2-6,8H,1,7,9H2,(H,15,20). The Balaban J connectivity index is 1.78. The fraction of sp³-hybridized carbons (Fsp3) is 0.143. The minimum atomic E-state index is -0.205. The predicted molar refractivity (Wildman–Crippen MR) is 76.2 cm³/mol. The molecule has 0 radical (unpaired) electrons. The van der Waals surface area contributed by atoms with E-state index in [-0.39, 0.29) is 12.5 Å². The highest BCUT2D eigenvalue weighted by Gasteiger charge is 2.12. The van der Waals surface area contributed by atoms with E-state index in [1.807, 2.05) is 30.3 Å². The molecule has 7 nitrogen and oxygen atoms in total. The highest BCUT2D eigenvalue weighted by Crippen LogP contribution is 2.24. The number of fused-ring (bicyclic) bond motifs is 1. The lowest BCUT2D eigenvalue weighted by atomic mass is 10.2. The molecule has 0 saturated heterocycles. The number of furan rings is 1. The zero-order valence-corrected chi connectivity index (χ0v) is 11.2. The number of carbonyl (C=O) groups excluding carboxylic acids is 1. The first kappa shape index (κ1) is 13.0. The van der Waals surface area contributed by atoms with Crippen LogP contribution in [0.2, 0.25) is 0 Å². The van der Waals surface area contributed by atoms with Crippen LogP contribution in [-0.4, -0.2) is 32.7 Å². The number of para-hydroxylation sites is 1. The lowest BCUT2D eigenvalue weighted by Gasteiger charge is -1.99. The molecule has 0 unspecified atom stereocenters. The fourth-order valence-corrected chi connectivity index (χ4v) is 1.87. The highest BCUT2D eigenvalue weighted by molar-refractivity contribution is 5.81. The van der Waals surface area contributed by atoms with Gasteiger partial charge in [0.15, 0.2) is 5.76 Å². The van der Waals surface area contributed by atoms with Crippen LogP contribution < -0.4 is 5.32 Å². The summed E-state index contributed by atoms with van der Waals surface area (Å²) >= 11 is 0. The van der Waals surface area contributed by atoms with E-state index in [1.165, 1.54) is 4.80 Å². The average molecular weight is 283 g/mol. The number of nitrogens with zero attached hydrogens (tertiary/aromatic N) is 4. The van der Waals surface area contributed by atoms with E-state index in [0.29, 0.717) is 18.1 Å². The number of carbonyl (C=O) groups is 1. The number of amides is 1. The maximum Gasteiger partial charge on any atom is 0.243 e. The maximum absolute atomic E-state index is 11.5. The van der Waals surface area contributed by atoms with E-state index in [2.05, 4.69) is 27.3 Å². The van der Waals surface area contributed by atoms with Crippen molar-refractivity contribution in [1.82, 2.24) is 25.5 Å². The smallest absolute Gasteiger partial charge is 0.243 e. The molecule has 0 saturated carbocycles. The summed E-state index contributed by atoms with van der Waals surface area (Å²) in [4.78, 5) is 12.8. The Bertz CT molecular complexity index is 756. The van der Waals surface area contributed by atoms with E-state index in [9.17, 15) is 4.79 Å². The molecule has 0 atom stereocenters. The van der Waals surface area contributed by atoms with Crippen LogP contribution in [0, 0.1) is 0 Å². The van der Waals surface area contributed by atoms with Gasteiger partial charge in [-0.2, -0.15) is 4.80 Å². The van der Waals surface area contributed by atoms with Gasteiger partial charge in [0.25, 0.3) is 0 Å². The molecule has 3 rings (SSSR count). The number of nitrogens with one attached hydrogen (secondary N) is 1. The summed E-state index contributed by atoms with van der Waals surface area (Å²) in [6.07, 6.45) is 1.60. The molecule has 0 fully saturated rings. The maximum atomic E-state index is 11.5. The van der Waals surface area contributed by atoms with Gasteiger partial charge in [-0.25, -0.2) is 0 Å². The van der Waals surface area contributed by atoms with Crippen molar-refractivity contribution in [3.8, 4) is 11.6 Å². The molecule has 3 aromatic rings. The fourth-order valence-electron chi connectivity index (χ4n) is 1.87. The SMILES string of the molecule is C=CCNC(=O)Cn1nnc(-c2cc3ccccc3o2)n1. The second-order valence-electron chi connectivity index (χ2n) is 4.38.